The lowest BCUT2D eigenvalue weighted by Gasteiger charge is -2.18. The molecule has 2 atom stereocenters. The van der Waals surface area contributed by atoms with E-state index in [4.69, 9.17) is 4.74 Å². The molecule has 1 aromatic heterocycles. The summed E-state index contributed by atoms with van der Waals surface area (Å²) < 4.78 is 5.54. The summed E-state index contributed by atoms with van der Waals surface area (Å²) in [4.78, 5) is 20.9. The summed E-state index contributed by atoms with van der Waals surface area (Å²) in [5.41, 5.74) is 2.92. The number of anilines is 3. The Kier molecular flexibility index (Phi) is 6.15. The van der Waals surface area contributed by atoms with Gasteiger partial charge in [-0.3, -0.25) is 0 Å². The highest BCUT2D eigenvalue weighted by atomic mass is 79.9. The molecule has 1 heterocycles. The molecule has 0 saturated heterocycles. The normalized spacial score (nSPS) is 18.4. The van der Waals surface area contributed by atoms with Crippen LogP contribution in [0.15, 0.2) is 22.8 Å². The molecular formula is C20H22BrN5O2. The molecule has 0 spiro atoms. The first-order valence-electron chi connectivity index (χ1n) is 9.08. The molecule has 8 heteroatoms. The molecule has 7 nitrogen and oxygen atoms in total. The summed E-state index contributed by atoms with van der Waals surface area (Å²) in [6.07, 6.45) is 4.65. The molecule has 0 amide bonds. The number of methoxy groups -OCH3 is 1. The zero-order chi connectivity index (χ0) is 20.3. The summed E-state index contributed by atoms with van der Waals surface area (Å²) in [6, 6.07) is 6.07. The standard InChI is InChI=1S/C20H22BrN5O2/c1-11-7-14(8-15(17(11)21)19(27)28-3)24-20-23-10-12(2)18(26-20)25-16-6-4-5-13(16)9-22/h7-8,10,13,16H,4-6H2,1-3H3,(H2,23,24,25,26). The third-order valence-corrected chi connectivity index (χ3v) is 5.94. The van der Waals surface area contributed by atoms with Gasteiger partial charge in [-0.15, -0.1) is 0 Å². The molecule has 2 unspecified atom stereocenters. The van der Waals surface area contributed by atoms with Gasteiger partial charge in [-0.05, 0) is 66.7 Å². The first-order chi connectivity index (χ1) is 13.4. The Morgan fingerprint density at radius 3 is 2.82 bits per heavy atom. The van der Waals surface area contributed by atoms with Gasteiger partial charge in [0.1, 0.15) is 5.82 Å². The Morgan fingerprint density at radius 2 is 2.11 bits per heavy atom. The molecule has 2 N–H and O–H groups in total. The van der Waals surface area contributed by atoms with Gasteiger partial charge in [-0.25, -0.2) is 9.78 Å². The number of nitriles is 1. The molecule has 0 radical (unpaired) electrons. The average molecular weight is 444 g/mol. The van der Waals surface area contributed by atoms with Gasteiger partial charge in [0.25, 0.3) is 0 Å². The number of hydrogen-bond acceptors (Lipinski definition) is 7. The monoisotopic (exact) mass is 443 g/mol. The third-order valence-electron chi connectivity index (χ3n) is 4.89. The lowest BCUT2D eigenvalue weighted by atomic mass is 10.1. The number of esters is 1. The predicted molar refractivity (Wildman–Crippen MR) is 111 cm³/mol. The van der Waals surface area contributed by atoms with Crippen LogP contribution in [0.25, 0.3) is 0 Å². The van der Waals surface area contributed by atoms with E-state index < -0.39 is 5.97 Å². The lowest BCUT2D eigenvalue weighted by Crippen LogP contribution is -2.24. The predicted octanol–water partition coefficient (Wildman–Crippen LogP) is 4.49. The largest absolute Gasteiger partial charge is 0.465 e. The van der Waals surface area contributed by atoms with Crippen molar-refractivity contribution in [3.63, 3.8) is 0 Å². The fourth-order valence-electron chi connectivity index (χ4n) is 3.34. The van der Waals surface area contributed by atoms with Gasteiger partial charge in [-0.2, -0.15) is 10.2 Å². The molecule has 1 aromatic carbocycles. The van der Waals surface area contributed by atoms with Crippen LogP contribution in [0.4, 0.5) is 17.5 Å². The fraction of sp³-hybridized carbons (Fsp3) is 0.400. The van der Waals surface area contributed by atoms with Gasteiger partial charge in [-0.1, -0.05) is 0 Å². The van der Waals surface area contributed by atoms with Gasteiger partial charge in [0.05, 0.1) is 24.7 Å². The van der Waals surface area contributed by atoms with Crippen molar-refractivity contribution in [1.29, 1.82) is 5.26 Å². The number of ether oxygens (including phenoxy) is 1. The Balaban J connectivity index is 1.85. The highest BCUT2D eigenvalue weighted by molar-refractivity contribution is 9.10. The summed E-state index contributed by atoms with van der Waals surface area (Å²) >= 11 is 3.43. The third kappa shape index (κ3) is 4.25. The van der Waals surface area contributed by atoms with E-state index in [1.165, 1.54) is 7.11 Å². The fourth-order valence-corrected chi connectivity index (χ4v) is 3.73. The van der Waals surface area contributed by atoms with Crippen molar-refractivity contribution in [2.45, 2.75) is 39.2 Å². The number of hydrogen-bond donors (Lipinski definition) is 2. The Morgan fingerprint density at radius 1 is 1.32 bits per heavy atom. The molecule has 0 bridgehead atoms. The summed E-state index contributed by atoms with van der Waals surface area (Å²) in [5.74, 6) is 0.709. The van der Waals surface area contributed by atoms with Crippen LogP contribution in [0.2, 0.25) is 0 Å². The van der Waals surface area contributed by atoms with E-state index in [2.05, 4.69) is 42.6 Å². The van der Waals surface area contributed by atoms with Gasteiger partial charge >= 0.3 is 5.97 Å². The molecule has 2 aromatic rings. The number of benzene rings is 1. The van der Waals surface area contributed by atoms with Crippen LogP contribution in [-0.2, 0) is 4.74 Å². The maximum Gasteiger partial charge on any atom is 0.339 e. The van der Waals surface area contributed by atoms with Crippen LogP contribution in [0.3, 0.4) is 0 Å². The number of carbonyl (C=O) groups is 1. The molecule has 3 rings (SSSR count). The first-order valence-corrected chi connectivity index (χ1v) is 9.87. The van der Waals surface area contributed by atoms with Crippen LogP contribution in [0.5, 0.6) is 0 Å². The van der Waals surface area contributed by atoms with Gasteiger partial charge < -0.3 is 15.4 Å². The zero-order valence-electron chi connectivity index (χ0n) is 16.0. The maximum absolute atomic E-state index is 12.0. The molecule has 1 saturated carbocycles. The Bertz CT molecular complexity index is 941. The molecule has 1 fully saturated rings. The van der Waals surface area contributed by atoms with Crippen molar-refractivity contribution in [3.05, 3.63) is 39.5 Å². The second-order valence-corrected chi connectivity index (χ2v) is 7.71. The molecule has 146 valence electrons. The number of aryl methyl sites for hydroxylation is 2. The minimum Gasteiger partial charge on any atom is -0.465 e. The number of nitrogens with zero attached hydrogens (tertiary/aromatic N) is 3. The lowest BCUT2D eigenvalue weighted by molar-refractivity contribution is 0.0599. The molecule has 1 aliphatic rings. The zero-order valence-corrected chi connectivity index (χ0v) is 17.6. The van der Waals surface area contributed by atoms with Gasteiger partial charge in [0.15, 0.2) is 0 Å². The van der Waals surface area contributed by atoms with Crippen molar-refractivity contribution in [2.75, 3.05) is 17.7 Å². The van der Waals surface area contributed by atoms with Gasteiger partial charge in [0.2, 0.25) is 5.95 Å². The van der Waals surface area contributed by atoms with E-state index in [0.29, 0.717) is 27.5 Å². The van der Waals surface area contributed by atoms with Crippen LogP contribution in [0.1, 0.15) is 40.7 Å². The molecule has 0 aliphatic heterocycles. The van der Waals surface area contributed by atoms with E-state index in [0.717, 1.165) is 30.4 Å². The minimum atomic E-state index is -0.422. The second-order valence-electron chi connectivity index (χ2n) is 6.91. The SMILES string of the molecule is COC(=O)c1cc(Nc2ncc(C)c(NC3CCCC3C#N)n2)cc(C)c1Br. The van der Waals surface area contributed by atoms with Crippen molar-refractivity contribution in [3.8, 4) is 6.07 Å². The van der Waals surface area contributed by atoms with Crippen LogP contribution in [0, 0.1) is 31.1 Å². The number of nitrogens with one attached hydrogen (secondary N) is 2. The van der Waals surface area contributed by atoms with E-state index in [1.807, 2.05) is 19.9 Å². The molecular weight excluding hydrogens is 422 g/mol. The van der Waals surface area contributed by atoms with Crippen molar-refractivity contribution in [1.82, 2.24) is 9.97 Å². The smallest absolute Gasteiger partial charge is 0.339 e. The maximum atomic E-state index is 12.0. The van der Waals surface area contributed by atoms with Crippen LogP contribution < -0.4 is 10.6 Å². The number of aromatic nitrogens is 2. The first kappa shape index (κ1) is 20.1. The summed E-state index contributed by atoms with van der Waals surface area (Å²) in [7, 11) is 1.35. The van der Waals surface area contributed by atoms with E-state index >= 15 is 0 Å². The highest BCUT2D eigenvalue weighted by Crippen LogP contribution is 2.30. The van der Waals surface area contributed by atoms with Crippen molar-refractivity contribution < 1.29 is 9.53 Å². The Hall–Kier alpha value is -2.66. The number of carbonyl (C=O) groups excluding carboxylic acids is 1. The highest BCUT2D eigenvalue weighted by Gasteiger charge is 2.27. The summed E-state index contributed by atoms with van der Waals surface area (Å²) in [5, 5.41) is 15.8. The number of halogens is 1. The number of rotatable bonds is 5. The second kappa shape index (κ2) is 8.57. The average Bonchev–Trinajstić information content (AvgIpc) is 3.13. The van der Waals surface area contributed by atoms with Gasteiger partial charge in [0, 0.05) is 28.0 Å². The Labute approximate surface area is 172 Å². The van der Waals surface area contributed by atoms with Crippen molar-refractivity contribution >= 4 is 39.4 Å². The van der Waals surface area contributed by atoms with E-state index in [9.17, 15) is 10.1 Å². The molecule has 28 heavy (non-hydrogen) atoms. The van der Waals surface area contributed by atoms with Crippen LogP contribution in [-0.4, -0.2) is 29.1 Å². The topological polar surface area (TPSA) is 99.9 Å². The van der Waals surface area contributed by atoms with E-state index in [1.54, 1.807) is 12.3 Å². The van der Waals surface area contributed by atoms with E-state index in [-0.39, 0.29) is 12.0 Å². The quantitative estimate of drug-likeness (QED) is 0.656. The van der Waals surface area contributed by atoms with Crippen molar-refractivity contribution in [2.24, 2.45) is 5.92 Å². The minimum absolute atomic E-state index is 0.00233. The van der Waals surface area contributed by atoms with Crippen LogP contribution >= 0.6 is 15.9 Å². The molecule has 1 aliphatic carbocycles. The summed E-state index contributed by atoms with van der Waals surface area (Å²) in [6.45, 7) is 3.83.